The van der Waals surface area contributed by atoms with Gasteiger partial charge >= 0.3 is 12.1 Å². The molecule has 1 aliphatic heterocycles. The Morgan fingerprint density at radius 3 is 2.17 bits per heavy atom. The minimum atomic E-state index is -4.47. The minimum absolute atomic E-state index is 0.161. The van der Waals surface area contributed by atoms with Crippen LogP contribution < -0.4 is 4.74 Å². The second-order valence-electron chi connectivity index (χ2n) is 9.49. The summed E-state index contributed by atoms with van der Waals surface area (Å²) in [5.41, 5.74) is -2.52. The van der Waals surface area contributed by atoms with Gasteiger partial charge in [0.15, 0.2) is 5.60 Å². The topological polar surface area (TPSA) is 76.1 Å². The smallest absolute Gasteiger partial charge is 0.416 e. The number of ether oxygens (including phenoxy) is 2. The van der Waals surface area contributed by atoms with E-state index in [0.717, 1.165) is 12.1 Å². The van der Waals surface area contributed by atoms with Gasteiger partial charge < -0.3 is 19.5 Å². The van der Waals surface area contributed by atoms with Crippen molar-refractivity contribution in [3.8, 4) is 5.75 Å². The number of esters is 1. The lowest BCUT2D eigenvalue weighted by molar-refractivity contribution is -0.163. The van der Waals surface area contributed by atoms with E-state index < -0.39 is 28.9 Å². The van der Waals surface area contributed by atoms with Crippen molar-refractivity contribution in [3.63, 3.8) is 0 Å². The van der Waals surface area contributed by atoms with Gasteiger partial charge in [0, 0.05) is 18.7 Å². The predicted molar refractivity (Wildman–Crippen MR) is 123 cm³/mol. The molecule has 9 heteroatoms. The summed E-state index contributed by atoms with van der Waals surface area (Å²) in [4.78, 5) is 26.6. The molecule has 0 aromatic heterocycles. The Morgan fingerprint density at radius 2 is 1.63 bits per heavy atom. The third kappa shape index (κ3) is 6.33. The van der Waals surface area contributed by atoms with Crippen molar-refractivity contribution in [2.24, 2.45) is 0 Å². The lowest BCUT2D eigenvalue weighted by Crippen LogP contribution is -2.45. The summed E-state index contributed by atoms with van der Waals surface area (Å²) in [7, 11) is 0. The van der Waals surface area contributed by atoms with Crippen LogP contribution in [0.4, 0.5) is 13.2 Å². The summed E-state index contributed by atoms with van der Waals surface area (Å²) in [6, 6.07) is 10.9. The fourth-order valence-electron chi connectivity index (χ4n) is 3.89. The van der Waals surface area contributed by atoms with Crippen LogP contribution in [0.1, 0.15) is 62.0 Å². The summed E-state index contributed by atoms with van der Waals surface area (Å²) in [6.07, 6.45) is -4.28. The molecule has 35 heavy (non-hydrogen) atoms. The molecule has 1 aliphatic rings. The SMILES string of the molecule is CC(C)OC(=O)C(C)(C)Oc1cccc(C2(O)CCN(C(=O)c3ccc(C(F)(F)F)cc3)CC2)c1. The molecule has 0 radical (unpaired) electrons. The molecule has 1 fully saturated rings. The number of amides is 1. The molecule has 1 amide bonds. The Hall–Kier alpha value is -3.07. The van der Waals surface area contributed by atoms with Gasteiger partial charge in [-0.15, -0.1) is 0 Å². The molecule has 3 rings (SSSR count). The Balaban J connectivity index is 1.67. The van der Waals surface area contributed by atoms with Crippen LogP contribution in [0.3, 0.4) is 0 Å². The Bertz CT molecular complexity index is 1060. The average Bonchev–Trinajstić information content (AvgIpc) is 2.78. The van der Waals surface area contributed by atoms with Crippen molar-refractivity contribution in [2.45, 2.75) is 64.0 Å². The van der Waals surface area contributed by atoms with E-state index in [1.165, 1.54) is 17.0 Å². The van der Waals surface area contributed by atoms with Crippen molar-refractivity contribution in [1.82, 2.24) is 4.90 Å². The monoisotopic (exact) mass is 493 g/mol. The first-order valence-corrected chi connectivity index (χ1v) is 11.4. The minimum Gasteiger partial charge on any atom is -0.476 e. The first kappa shape index (κ1) is 26.5. The van der Waals surface area contributed by atoms with Crippen LogP contribution >= 0.6 is 0 Å². The van der Waals surface area contributed by atoms with Crippen molar-refractivity contribution >= 4 is 11.9 Å². The third-order valence-electron chi connectivity index (χ3n) is 5.92. The van der Waals surface area contributed by atoms with E-state index in [-0.39, 0.29) is 43.5 Å². The summed E-state index contributed by atoms with van der Waals surface area (Å²) >= 11 is 0. The van der Waals surface area contributed by atoms with E-state index in [1.807, 2.05) is 0 Å². The predicted octanol–water partition coefficient (Wildman–Crippen LogP) is 4.94. The number of aliphatic hydroxyl groups is 1. The fourth-order valence-corrected chi connectivity index (χ4v) is 3.89. The van der Waals surface area contributed by atoms with Crippen molar-refractivity contribution < 1.29 is 37.3 Å². The molecule has 0 saturated carbocycles. The number of nitrogens with zero attached hydrogens (tertiary/aromatic N) is 1. The standard InChI is InChI=1S/C26H30F3NO5/c1-17(2)34-23(32)24(3,4)35-21-7-5-6-20(16-21)25(33)12-14-30(15-13-25)22(31)18-8-10-19(11-9-18)26(27,28)29/h5-11,16-17,33H,12-15H2,1-4H3. The highest BCUT2D eigenvalue weighted by Crippen LogP contribution is 2.36. The number of alkyl halides is 3. The molecule has 0 aliphatic carbocycles. The van der Waals surface area contributed by atoms with Gasteiger partial charge in [-0.25, -0.2) is 4.79 Å². The van der Waals surface area contributed by atoms with Gasteiger partial charge in [-0.1, -0.05) is 12.1 Å². The molecule has 2 aromatic rings. The molecule has 1 N–H and O–H groups in total. The second kappa shape index (κ2) is 9.89. The van der Waals surface area contributed by atoms with E-state index >= 15 is 0 Å². The highest BCUT2D eigenvalue weighted by Gasteiger charge is 2.37. The number of carbonyl (C=O) groups excluding carboxylic acids is 2. The number of halogens is 3. The highest BCUT2D eigenvalue weighted by atomic mass is 19.4. The third-order valence-corrected chi connectivity index (χ3v) is 5.92. The number of likely N-dealkylation sites (tertiary alicyclic amines) is 1. The van der Waals surface area contributed by atoms with Gasteiger partial charge in [-0.2, -0.15) is 13.2 Å². The summed E-state index contributed by atoms with van der Waals surface area (Å²) in [5.74, 6) is -0.500. The molecular formula is C26H30F3NO5. The number of hydrogen-bond donors (Lipinski definition) is 1. The fraction of sp³-hybridized carbons (Fsp3) is 0.462. The van der Waals surface area contributed by atoms with Crippen LogP contribution in [0, 0.1) is 0 Å². The van der Waals surface area contributed by atoms with Crippen molar-refractivity contribution in [2.75, 3.05) is 13.1 Å². The number of hydrogen-bond acceptors (Lipinski definition) is 5. The average molecular weight is 494 g/mol. The van der Waals surface area contributed by atoms with E-state index in [1.54, 1.807) is 52.0 Å². The zero-order chi connectivity index (χ0) is 26.0. The van der Waals surface area contributed by atoms with Crippen LogP contribution in [0.25, 0.3) is 0 Å². The molecule has 190 valence electrons. The Morgan fingerprint density at radius 1 is 1.03 bits per heavy atom. The van der Waals surface area contributed by atoms with Gasteiger partial charge in [-0.3, -0.25) is 4.79 Å². The maximum Gasteiger partial charge on any atom is 0.416 e. The number of benzene rings is 2. The maximum absolute atomic E-state index is 12.8. The molecule has 0 bridgehead atoms. The molecule has 0 unspecified atom stereocenters. The highest BCUT2D eigenvalue weighted by molar-refractivity contribution is 5.94. The van der Waals surface area contributed by atoms with Gasteiger partial charge in [0.25, 0.3) is 5.91 Å². The number of piperidine rings is 1. The normalized spacial score (nSPS) is 16.2. The zero-order valence-corrected chi connectivity index (χ0v) is 20.2. The zero-order valence-electron chi connectivity index (χ0n) is 20.2. The van der Waals surface area contributed by atoms with E-state index in [2.05, 4.69) is 0 Å². The largest absolute Gasteiger partial charge is 0.476 e. The van der Waals surface area contributed by atoms with Crippen LogP contribution in [-0.4, -0.2) is 46.7 Å². The van der Waals surface area contributed by atoms with E-state index in [0.29, 0.717) is 11.3 Å². The van der Waals surface area contributed by atoms with Crippen LogP contribution in [0.15, 0.2) is 48.5 Å². The van der Waals surface area contributed by atoms with Crippen molar-refractivity contribution in [1.29, 1.82) is 0 Å². The molecule has 0 spiro atoms. The molecular weight excluding hydrogens is 463 g/mol. The van der Waals surface area contributed by atoms with Gasteiger partial charge in [0.2, 0.25) is 0 Å². The van der Waals surface area contributed by atoms with E-state index in [4.69, 9.17) is 9.47 Å². The first-order chi connectivity index (χ1) is 16.2. The van der Waals surface area contributed by atoms with Crippen LogP contribution in [0.5, 0.6) is 5.75 Å². The first-order valence-electron chi connectivity index (χ1n) is 11.4. The Labute approximate surface area is 202 Å². The van der Waals surface area contributed by atoms with Crippen LogP contribution in [0.2, 0.25) is 0 Å². The van der Waals surface area contributed by atoms with Gasteiger partial charge in [0.1, 0.15) is 5.75 Å². The Kier molecular flexibility index (Phi) is 7.50. The second-order valence-corrected chi connectivity index (χ2v) is 9.49. The van der Waals surface area contributed by atoms with Crippen LogP contribution in [-0.2, 0) is 21.3 Å². The lowest BCUT2D eigenvalue weighted by Gasteiger charge is -2.39. The summed E-state index contributed by atoms with van der Waals surface area (Å²) in [5, 5.41) is 11.3. The molecule has 1 heterocycles. The quantitative estimate of drug-likeness (QED) is 0.577. The number of rotatable bonds is 6. The van der Waals surface area contributed by atoms with Gasteiger partial charge in [-0.05, 0) is 82.5 Å². The summed E-state index contributed by atoms with van der Waals surface area (Å²) in [6.45, 7) is 7.16. The molecule has 0 atom stereocenters. The lowest BCUT2D eigenvalue weighted by atomic mass is 9.84. The maximum atomic E-state index is 12.8. The molecule has 2 aromatic carbocycles. The number of carbonyl (C=O) groups is 2. The molecule has 6 nitrogen and oxygen atoms in total. The summed E-state index contributed by atoms with van der Waals surface area (Å²) < 4.78 is 49.4. The van der Waals surface area contributed by atoms with Gasteiger partial charge in [0.05, 0.1) is 17.3 Å². The molecule has 1 saturated heterocycles. The van der Waals surface area contributed by atoms with Crippen molar-refractivity contribution in [3.05, 3.63) is 65.2 Å². The van der Waals surface area contributed by atoms with E-state index in [9.17, 15) is 27.9 Å².